The molecule has 1 heterocycles. The summed E-state index contributed by atoms with van der Waals surface area (Å²) in [5.74, 6) is -1.90. The van der Waals surface area contributed by atoms with Crippen LogP contribution in [-0.2, 0) is 0 Å². The average molecular weight is 127 g/mol. The molecule has 0 radical (unpaired) electrons. The van der Waals surface area contributed by atoms with Gasteiger partial charge in [-0.25, -0.2) is 9.37 Å². The Bertz CT molecular complexity index is 206. The summed E-state index contributed by atoms with van der Waals surface area (Å²) >= 11 is 0. The molecule has 0 aliphatic carbocycles. The summed E-state index contributed by atoms with van der Waals surface area (Å²) in [7, 11) is 1.49. The minimum atomic E-state index is -1.03. The highest BCUT2D eigenvalue weighted by Crippen LogP contribution is 1.94. The van der Waals surface area contributed by atoms with Crippen LogP contribution in [0.25, 0.3) is 0 Å². The van der Waals surface area contributed by atoms with E-state index in [4.69, 9.17) is 0 Å². The van der Waals surface area contributed by atoms with Gasteiger partial charge in [-0.3, -0.25) is 0 Å². The van der Waals surface area contributed by atoms with Gasteiger partial charge in [0.15, 0.2) is 5.82 Å². The summed E-state index contributed by atoms with van der Waals surface area (Å²) in [4.78, 5) is 3.10. The van der Waals surface area contributed by atoms with Crippen molar-refractivity contribution in [1.29, 1.82) is 0 Å². The average Bonchev–Trinajstić information content (AvgIpc) is 1.83. The second kappa shape index (κ2) is 2.13. The third kappa shape index (κ3) is 1.07. The van der Waals surface area contributed by atoms with E-state index >= 15 is 0 Å². The van der Waals surface area contributed by atoms with Gasteiger partial charge in [-0.15, -0.1) is 0 Å². The van der Waals surface area contributed by atoms with Crippen LogP contribution in [0.3, 0.4) is 0 Å². The van der Waals surface area contributed by atoms with Crippen LogP contribution >= 0.6 is 0 Å². The summed E-state index contributed by atoms with van der Waals surface area (Å²) in [6.07, 6.45) is 1.23. The number of aromatic nitrogens is 1. The molecule has 0 aromatic carbocycles. The molecule has 0 fully saturated rings. The molecule has 0 aliphatic rings. The van der Waals surface area contributed by atoms with E-state index in [1.54, 1.807) is 0 Å². The van der Waals surface area contributed by atoms with Crippen LogP contribution in [0.2, 0.25) is 0 Å². The van der Waals surface area contributed by atoms with Crippen LogP contribution in [0.5, 0.6) is 0 Å². The molecule has 0 spiro atoms. The van der Waals surface area contributed by atoms with Crippen molar-refractivity contribution >= 4 is 13.3 Å². The highest BCUT2D eigenvalue weighted by atomic mass is 19.2. The third-order valence-corrected chi connectivity index (χ3v) is 1.04. The van der Waals surface area contributed by atoms with Crippen molar-refractivity contribution in [2.24, 2.45) is 0 Å². The Kier molecular flexibility index (Phi) is 1.47. The van der Waals surface area contributed by atoms with Crippen molar-refractivity contribution in [1.82, 2.24) is 4.98 Å². The molecule has 0 amide bonds. The summed E-state index contributed by atoms with van der Waals surface area (Å²) in [5.41, 5.74) is 0.280. The van der Waals surface area contributed by atoms with E-state index in [-0.39, 0.29) is 5.46 Å². The van der Waals surface area contributed by atoms with Crippen LogP contribution < -0.4 is 5.46 Å². The number of rotatable bonds is 0. The van der Waals surface area contributed by atoms with Crippen LogP contribution in [0.1, 0.15) is 0 Å². The van der Waals surface area contributed by atoms with Crippen molar-refractivity contribution in [2.45, 2.75) is 0 Å². The fraction of sp³-hybridized carbons (Fsp3) is 0. The minimum absolute atomic E-state index is 0.280. The first-order valence-electron chi connectivity index (χ1n) is 2.48. The first-order chi connectivity index (χ1) is 4.22. The second-order valence-electron chi connectivity index (χ2n) is 1.73. The first kappa shape index (κ1) is 6.20. The van der Waals surface area contributed by atoms with Crippen molar-refractivity contribution in [3.63, 3.8) is 0 Å². The largest absolute Gasteiger partial charge is 0.248 e. The van der Waals surface area contributed by atoms with Crippen LogP contribution in [0.4, 0.5) is 8.78 Å². The number of halogens is 2. The van der Waals surface area contributed by atoms with Gasteiger partial charge in [0.2, 0.25) is 5.95 Å². The molecular weight excluding hydrogens is 123 g/mol. The molecule has 0 unspecified atom stereocenters. The van der Waals surface area contributed by atoms with Gasteiger partial charge in [0, 0.05) is 6.20 Å². The van der Waals surface area contributed by atoms with E-state index in [0.29, 0.717) is 0 Å². The summed E-state index contributed by atoms with van der Waals surface area (Å²) in [6, 6.07) is 1.42. The zero-order valence-electron chi connectivity index (χ0n) is 4.86. The SMILES string of the molecule is Bc1ccnc(F)c1F. The van der Waals surface area contributed by atoms with Crippen molar-refractivity contribution < 1.29 is 8.78 Å². The second-order valence-corrected chi connectivity index (χ2v) is 1.73. The molecule has 0 aliphatic heterocycles. The molecule has 1 aromatic rings. The number of hydrogen-bond donors (Lipinski definition) is 0. The fourth-order valence-electron chi connectivity index (χ4n) is 0.507. The van der Waals surface area contributed by atoms with Gasteiger partial charge in [0.1, 0.15) is 7.85 Å². The quantitative estimate of drug-likeness (QED) is 0.342. The van der Waals surface area contributed by atoms with Crippen LogP contribution in [-0.4, -0.2) is 12.8 Å². The zero-order chi connectivity index (χ0) is 6.85. The summed E-state index contributed by atoms with van der Waals surface area (Å²) in [6.45, 7) is 0. The van der Waals surface area contributed by atoms with Gasteiger partial charge in [-0.1, -0.05) is 0 Å². The lowest BCUT2D eigenvalue weighted by Gasteiger charge is -1.92. The standard InChI is InChI=1S/C5H4BF2N/c6-3-1-2-9-5(8)4(3)7/h1-2H,6H2. The molecule has 0 saturated heterocycles. The minimum Gasteiger partial charge on any atom is -0.226 e. The van der Waals surface area contributed by atoms with E-state index in [0.717, 1.165) is 0 Å². The molecule has 9 heavy (non-hydrogen) atoms. The van der Waals surface area contributed by atoms with E-state index in [1.165, 1.54) is 20.1 Å². The Labute approximate surface area is 52.1 Å². The molecule has 1 aromatic heterocycles. The van der Waals surface area contributed by atoms with Crippen molar-refractivity contribution in [2.75, 3.05) is 0 Å². The topological polar surface area (TPSA) is 12.9 Å². The maximum atomic E-state index is 12.3. The molecule has 4 heteroatoms. The Hall–Kier alpha value is -0.925. The lowest BCUT2D eigenvalue weighted by molar-refractivity contribution is 0.484. The Morgan fingerprint density at radius 2 is 2.11 bits per heavy atom. The van der Waals surface area contributed by atoms with Crippen molar-refractivity contribution in [3.05, 3.63) is 24.0 Å². The normalized spacial score (nSPS) is 9.56. The Morgan fingerprint density at radius 1 is 1.44 bits per heavy atom. The first-order valence-corrected chi connectivity index (χ1v) is 2.48. The lowest BCUT2D eigenvalue weighted by Crippen LogP contribution is -2.11. The van der Waals surface area contributed by atoms with E-state index in [9.17, 15) is 8.78 Å². The van der Waals surface area contributed by atoms with Gasteiger partial charge < -0.3 is 0 Å². The molecule has 46 valence electrons. The maximum absolute atomic E-state index is 12.3. The fourth-order valence-corrected chi connectivity index (χ4v) is 0.507. The molecular formula is C5H4BF2N. The molecule has 0 bridgehead atoms. The smallest absolute Gasteiger partial charge is 0.226 e. The molecule has 0 saturated carbocycles. The van der Waals surface area contributed by atoms with Crippen LogP contribution in [0.15, 0.2) is 12.3 Å². The van der Waals surface area contributed by atoms with Crippen molar-refractivity contribution in [3.8, 4) is 0 Å². The number of nitrogens with zero attached hydrogens (tertiary/aromatic N) is 1. The van der Waals surface area contributed by atoms with E-state index in [2.05, 4.69) is 4.98 Å². The number of hydrogen-bond acceptors (Lipinski definition) is 1. The summed E-state index contributed by atoms with van der Waals surface area (Å²) < 4.78 is 24.4. The van der Waals surface area contributed by atoms with Crippen LogP contribution in [0, 0.1) is 11.8 Å². The molecule has 0 N–H and O–H groups in total. The number of pyridine rings is 1. The highest BCUT2D eigenvalue weighted by Gasteiger charge is 2.02. The molecule has 0 atom stereocenters. The van der Waals surface area contributed by atoms with Gasteiger partial charge in [-0.2, -0.15) is 4.39 Å². The molecule has 1 rings (SSSR count). The Morgan fingerprint density at radius 3 is 2.56 bits per heavy atom. The monoisotopic (exact) mass is 127 g/mol. The van der Waals surface area contributed by atoms with E-state index in [1.807, 2.05) is 0 Å². The Balaban J connectivity index is 3.25. The summed E-state index contributed by atoms with van der Waals surface area (Å²) in [5, 5.41) is 0. The maximum Gasteiger partial charge on any atom is 0.248 e. The van der Waals surface area contributed by atoms with E-state index < -0.39 is 11.8 Å². The predicted molar refractivity (Wildman–Crippen MR) is 32.3 cm³/mol. The molecule has 1 nitrogen and oxygen atoms in total. The van der Waals surface area contributed by atoms with Gasteiger partial charge in [-0.05, 0) is 11.5 Å². The predicted octanol–water partition coefficient (Wildman–Crippen LogP) is -0.382. The third-order valence-electron chi connectivity index (χ3n) is 1.04. The lowest BCUT2D eigenvalue weighted by atomic mass is 9.97. The van der Waals surface area contributed by atoms with Gasteiger partial charge in [0.05, 0.1) is 0 Å². The van der Waals surface area contributed by atoms with Gasteiger partial charge in [0.25, 0.3) is 0 Å². The zero-order valence-corrected chi connectivity index (χ0v) is 4.86. The van der Waals surface area contributed by atoms with Gasteiger partial charge >= 0.3 is 0 Å². The highest BCUT2D eigenvalue weighted by molar-refractivity contribution is 6.32.